The summed E-state index contributed by atoms with van der Waals surface area (Å²) in [5, 5.41) is 6.00. The van der Waals surface area contributed by atoms with E-state index >= 15 is 0 Å². The van der Waals surface area contributed by atoms with Gasteiger partial charge in [-0.05, 0) is 18.1 Å². The normalized spacial score (nSPS) is 10.6. The average molecular weight is 261 g/mol. The van der Waals surface area contributed by atoms with E-state index < -0.39 is 11.6 Å². The molecule has 0 amide bonds. The van der Waals surface area contributed by atoms with Crippen molar-refractivity contribution in [2.75, 3.05) is 0 Å². The number of nitrogens with one attached hydrogen (secondary N) is 1. The Balaban J connectivity index is 1.95. The molecule has 6 heteroatoms. The molecule has 2 rings (SSSR count). The molecule has 0 aliphatic carbocycles. The number of carbonyl (C=O) groups is 2. The van der Waals surface area contributed by atoms with Crippen molar-refractivity contribution in [3.8, 4) is 0 Å². The van der Waals surface area contributed by atoms with E-state index in [0.29, 0.717) is 5.56 Å². The van der Waals surface area contributed by atoms with Crippen molar-refractivity contribution in [2.24, 2.45) is 0 Å². The number of aromatic amines is 1. The first-order chi connectivity index (χ1) is 9.20. The molecule has 2 aromatic rings. The summed E-state index contributed by atoms with van der Waals surface area (Å²) >= 11 is 0. The highest BCUT2D eigenvalue weighted by Gasteiger charge is 2.20. The maximum Gasteiger partial charge on any atom is 0.267 e. The summed E-state index contributed by atoms with van der Waals surface area (Å²) in [4.78, 5) is 27.1. The molecule has 0 aliphatic rings. The molecule has 0 unspecified atom stereocenters. The van der Waals surface area contributed by atoms with Crippen LogP contribution >= 0.6 is 0 Å². The highest BCUT2D eigenvalue weighted by atomic mass is 16.3. The van der Waals surface area contributed by atoms with E-state index in [1.807, 2.05) is 6.07 Å². The highest BCUT2D eigenvalue weighted by Crippen LogP contribution is 2.12. The van der Waals surface area contributed by atoms with E-state index in [9.17, 15) is 9.59 Å². The summed E-state index contributed by atoms with van der Waals surface area (Å²) in [6.45, 7) is 2.10. The van der Waals surface area contributed by atoms with E-state index in [1.165, 1.54) is 12.6 Å². The Labute approximate surface area is 110 Å². The molecule has 2 heterocycles. The van der Waals surface area contributed by atoms with Crippen LogP contribution in [0.15, 0.2) is 23.1 Å². The maximum absolute atomic E-state index is 11.7. The third-order valence-corrected chi connectivity index (χ3v) is 2.72. The number of aromatic nitrogens is 3. The lowest BCUT2D eigenvalue weighted by Crippen LogP contribution is -2.17. The van der Waals surface area contributed by atoms with Gasteiger partial charge in [-0.15, -0.1) is 5.10 Å². The fourth-order valence-corrected chi connectivity index (χ4v) is 1.71. The molecule has 0 bridgehead atoms. The standard InChI is InChI=1S/C13H15N3O3/c1-2-3-4-10-5-9(7-19-10)6-11(17)12(18)13-14-8-15-16-13/h5,7-8H,2-4,6H2,1H3,(H,14,15,16). The van der Waals surface area contributed by atoms with Crippen molar-refractivity contribution in [3.05, 3.63) is 35.8 Å². The summed E-state index contributed by atoms with van der Waals surface area (Å²) in [6.07, 6.45) is 5.77. The number of nitrogens with zero attached hydrogens (tertiary/aromatic N) is 2. The van der Waals surface area contributed by atoms with Crippen LogP contribution in [0.4, 0.5) is 0 Å². The number of carbonyl (C=O) groups excluding carboxylic acids is 2. The molecule has 0 saturated heterocycles. The van der Waals surface area contributed by atoms with Crippen molar-refractivity contribution in [1.82, 2.24) is 15.2 Å². The van der Waals surface area contributed by atoms with Crippen LogP contribution in [0.2, 0.25) is 0 Å². The monoisotopic (exact) mass is 261 g/mol. The Kier molecular flexibility index (Phi) is 4.22. The predicted octanol–water partition coefficient (Wildman–Crippen LogP) is 1.73. The minimum absolute atomic E-state index is 0.0169. The van der Waals surface area contributed by atoms with Crippen LogP contribution in [-0.4, -0.2) is 26.7 Å². The Hall–Kier alpha value is -2.24. The smallest absolute Gasteiger partial charge is 0.267 e. The van der Waals surface area contributed by atoms with E-state index in [1.54, 1.807) is 0 Å². The number of rotatable bonds is 7. The summed E-state index contributed by atoms with van der Waals surface area (Å²) in [5.74, 6) is -0.477. The lowest BCUT2D eigenvalue weighted by atomic mass is 10.1. The van der Waals surface area contributed by atoms with Crippen LogP contribution in [0.1, 0.15) is 41.7 Å². The Morgan fingerprint density at radius 3 is 2.95 bits per heavy atom. The van der Waals surface area contributed by atoms with Crippen molar-refractivity contribution in [1.29, 1.82) is 0 Å². The lowest BCUT2D eigenvalue weighted by Gasteiger charge is -1.93. The van der Waals surface area contributed by atoms with E-state index in [0.717, 1.165) is 25.0 Å². The molecular formula is C13H15N3O3. The molecule has 0 radical (unpaired) electrons. The topological polar surface area (TPSA) is 88.9 Å². The van der Waals surface area contributed by atoms with Crippen LogP contribution in [0.3, 0.4) is 0 Å². The Morgan fingerprint density at radius 1 is 1.42 bits per heavy atom. The summed E-state index contributed by atoms with van der Waals surface area (Å²) < 4.78 is 5.34. The SMILES string of the molecule is CCCCc1cc(CC(=O)C(=O)c2nc[nH]n2)co1. The molecule has 0 fully saturated rings. The number of hydrogen-bond donors (Lipinski definition) is 1. The van der Waals surface area contributed by atoms with Gasteiger partial charge >= 0.3 is 0 Å². The summed E-state index contributed by atoms with van der Waals surface area (Å²) in [5.41, 5.74) is 0.708. The predicted molar refractivity (Wildman–Crippen MR) is 66.7 cm³/mol. The Bertz CT molecular complexity index is 557. The second kappa shape index (κ2) is 6.08. The van der Waals surface area contributed by atoms with Gasteiger partial charge < -0.3 is 4.42 Å². The summed E-state index contributed by atoms with van der Waals surface area (Å²) in [7, 11) is 0. The van der Waals surface area contributed by atoms with Crippen molar-refractivity contribution < 1.29 is 14.0 Å². The number of ketones is 2. The summed E-state index contributed by atoms with van der Waals surface area (Å²) in [6, 6.07) is 1.82. The number of unbranched alkanes of at least 4 members (excludes halogenated alkanes) is 1. The zero-order chi connectivity index (χ0) is 13.7. The molecular weight excluding hydrogens is 246 g/mol. The number of H-pyrrole nitrogens is 1. The third-order valence-electron chi connectivity index (χ3n) is 2.72. The first-order valence-electron chi connectivity index (χ1n) is 6.20. The van der Waals surface area contributed by atoms with Crippen LogP contribution in [0.5, 0.6) is 0 Å². The fraction of sp³-hybridized carbons (Fsp3) is 0.385. The molecule has 0 spiro atoms. The van der Waals surface area contributed by atoms with Crippen LogP contribution in [0, 0.1) is 0 Å². The molecule has 19 heavy (non-hydrogen) atoms. The number of furan rings is 1. The fourth-order valence-electron chi connectivity index (χ4n) is 1.71. The second-order valence-corrected chi connectivity index (χ2v) is 4.28. The van der Waals surface area contributed by atoms with E-state index in [-0.39, 0.29) is 12.2 Å². The number of hydrogen-bond acceptors (Lipinski definition) is 5. The van der Waals surface area contributed by atoms with Gasteiger partial charge in [-0.3, -0.25) is 14.7 Å². The first kappa shape index (κ1) is 13.2. The van der Waals surface area contributed by atoms with Gasteiger partial charge in [0.05, 0.1) is 6.26 Å². The minimum atomic E-state index is -0.683. The van der Waals surface area contributed by atoms with E-state index in [2.05, 4.69) is 22.1 Å². The van der Waals surface area contributed by atoms with Gasteiger partial charge in [-0.2, -0.15) is 0 Å². The minimum Gasteiger partial charge on any atom is -0.469 e. The van der Waals surface area contributed by atoms with Gasteiger partial charge in [0.1, 0.15) is 12.1 Å². The molecule has 2 aromatic heterocycles. The first-order valence-corrected chi connectivity index (χ1v) is 6.20. The van der Waals surface area contributed by atoms with Crippen molar-refractivity contribution in [2.45, 2.75) is 32.6 Å². The quantitative estimate of drug-likeness (QED) is 0.605. The third kappa shape index (κ3) is 3.37. The van der Waals surface area contributed by atoms with Gasteiger partial charge in [0.25, 0.3) is 5.78 Å². The lowest BCUT2D eigenvalue weighted by molar-refractivity contribution is -0.114. The highest BCUT2D eigenvalue weighted by molar-refractivity contribution is 6.43. The molecule has 0 aliphatic heterocycles. The zero-order valence-electron chi connectivity index (χ0n) is 10.7. The van der Waals surface area contributed by atoms with Gasteiger partial charge in [0.2, 0.25) is 11.6 Å². The molecule has 6 nitrogen and oxygen atoms in total. The number of Topliss-reactive ketones (excluding diaryl/α,β-unsaturated/α-hetero) is 2. The van der Waals surface area contributed by atoms with Gasteiger partial charge in [-0.1, -0.05) is 13.3 Å². The molecule has 0 atom stereocenters. The van der Waals surface area contributed by atoms with Gasteiger partial charge in [0.15, 0.2) is 0 Å². The van der Waals surface area contributed by atoms with Gasteiger partial charge in [0, 0.05) is 12.8 Å². The zero-order valence-corrected chi connectivity index (χ0v) is 10.7. The Morgan fingerprint density at radius 2 is 2.26 bits per heavy atom. The number of aryl methyl sites for hydroxylation is 1. The molecule has 1 N–H and O–H groups in total. The average Bonchev–Trinajstić information content (AvgIpc) is 3.06. The molecule has 0 aromatic carbocycles. The van der Waals surface area contributed by atoms with Crippen LogP contribution < -0.4 is 0 Å². The molecule has 100 valence electrons. The van der Waals surface area contributed by atoms with E-state index in [4.69, 9.17) is 4.42 Å². The van der Waals surface area contributed by atoms with Crippen LogP contribution in [-0.2, 0) is 17.6 Å². The van der Waals surface area contributed by atoms with Crippen LogP contribution in [0.25, 0.3) is 0 Å². The largest absolute Gasteiger partial charge is 0.469 e. The van der Waals surface area contributed by atoms with Crippen molar-refractivity contribution in [3.63, 3.8) is 0 Å². The van der Waals surface area contributed by atoms with Crippen molar-refractivity contribution >= 4 is 11.6 Å². The van der Waals surface area contributed by atoms with Gasteiger partial charge in [-0.25, -0.2) is 4.98 Å². The second-order valence-electron chi connectivity index (χ2n) is 4.28. The molecule has 0 saturated carbocycles. The maximum atomic E-state index is 11.7.